The Kier molecular flexibility index (Phi) is 6.51. The van der Waals surface area contributed by atoms with Crippen molar-refractivity contribution in [3.8, 4) is 11.8 Å². The Morgan fingerprint density at radius 3 is 2.32 bits per heavy atom. The number of aryl methyl sites for hydroxylation is 1. The lowest BCUT2D eigenvalue weighted by Crippen LogP contribution is -2.30. The van der Waals surface area contributed by atoms with Crippen LogP contribution in [-0.4, -0.2) is 24.8 Å². The number of fused-ring (bicyclic) bond motifs is 1. The summed E-state index contributed by atoms with van der Waals surface area (Å²) in [4.78, 5) is 30.2. The van der Waals surface area contributed by atoms with Crippen LogP contribution in [0.25, 0.3) is 5.70 Å². The summed E-state index contributed by atoms with van der Waals surface area (Å²) in [5, 5.41) is 15.4. The van der Waals surface area contributed by atoms with Crippen molar-refractivity contribution in [2.45, 2.75) is 13.5 Å². The third-order valence-electron chi connectivity index (χ3n) is 5.47. The normalized spacial score (nSPS) is 13.3. The van der Waals surface area contributed by atoms with Gasteiger partial charge in [-0.15, -0.1) is 0 Å². The summed E-state index contributed by atoms with van der Waals surface area (Å²) in [7, 11) is 1.58. The van der Waals surface area contributed by atoms with E-state index in [9.17, 15) is 14.9 Å². The van der Waals surface area contributed by atoms with Gasteiger partial charge in [0.1, 0.15) is 23.2 Å². The van der Waals surface area contributed by atoms with Gasteiger partial charge in [0.05, 0.1) is 12.8 Å². The summed E-state index contributed by atoms with van der Waals surface area (Å²) in [5.74, 6) is 0.162. The second-order valence-electron chi connectivity index (χ2n) is 7.64. The number of nitrogens with zero attached hydrogens (tertiary/aromatic N) is 2. The summed E-state index contributed by atoms with van der Waals surface area (Å²) in [6.45, 7) is 2.09. The number of aliphatic imine (C=N–C) groups is 1. The van der Waals surface area contributed by atoms with Crippen LogP contribution in [0.1, 0.15) is 32.6 Å². The Balaban J connectivity index is 1.61. The molecule has 7 heteroatoms. The molecule has 168 valence electrons. The SMILES string of the molecule is COc1ccc(CNC(=O)/C(C#N)=C2/N=C(NC(=O)c3ccccc3C)c3ccccc32)cc1. The quantitative estimate of drug-likeness (QED) is 0.456. The molecule has 0 spiro atoms. The van der Waals surface area contributed by atoms with Crippen LogP contribution < -0.4 is 15.4 Å². The Morgan fingerprint density at radius 1 is 0.971 bits per heavy atom. The van der Waals surface area contributed by atoms with Gasteiger partial charge in [0.15, 0.2) is 0 Å². The lowest BCUT2D eigenvalue weighted by molar-refractivity contribution is -0.117. The maximum absolute atomic E-state index is 12.9. The van der Waals surface area contributed by atoms with Gasteiger partial charge < -0.3 is 15.4 Å². The summed E-state index contributed by atoms with van der Waals surface area (Å²) < 4.78 is 5.14. The van der Waals surface area contributed by atoms with E-state index < -0.39 is 5.91 Å². The standard InChI is InChI=1S/C27H22N4O3/c1-17-7-3-4-8-20(17)27(33)31-25-22-10-6-5-9-21(22)24(30-25)23(15-28)26(32)29-16-18-11-13-19(34-2)14-12-18/h3-14H,16H2,1-2H3,(H,29,32)(H,30,31,33)/b24-23+. The fourth-order valence-electron chi connectivity index (χ4n) is 3.64. The second kappa shape index (κ2) is 9.84. The van der Waals surface area contributed by atoms with Crippen molar-refractivity contribution in [3.63, 3.8) is 0 Å². The molecule has 1 heterocycles. The molecule has 0 saturated heterocycles. The molecular formula is C27H22N4O3. The zero-order valence-corrected chi connectivity index (χ0v) is 18.8. The molecule has 0 aromatic heterocycles. The number of carbonyl (C=O) groups is 2. The Bertz CT molecular complexity index is 1370. The highest BCUT2D eigenvalue weighted by molar-refractivity contribution is 6.20. The van der Waals surface area contributed by atoms with Gasteiger partial charge in [-0.2, -0.15) is 5.26 Å². The maximum atomic E-state index is 12.9. The molecule has 34 heavy (non-hydrogen) atoms. The summed E-state index contributed by atoms with van der Waals surface area (Å²) >= 11 is 0. The molecule has 0 saturated carbocycles. The molecule has 0 unspecified atom stereocenters. The Labute approximate surface area is 197 Å². The third-order valence-corrected chi connectivity index (χ3v) is 5.47. The molecule has 7 nitrogen and oxygen atoms in total. The largest absolute Gasteiger partial charge is 0.497 e. The molecule has 0 fully saturated rings. The Hall–Kier alpha value is -4.70. The van der Waals surface area contributed by atoms with Crippen molar-refractivity contribution in [2.75, 3.05) is 7.11 Å². The van der Waals surface area contributed by atoms with Crippen molar-refractivity contribution in [1.82, 2.24) is 10.6 Å². The van der Waals surface area contributed by atoms with Gasteiger partial charge in [-0.3, -0.25) is 9.59 Å². The van der Waals surface area contributed by atoms with Gasteiger partial charge in [0.25, 0.3) is 11.8 Å². The second-order valence-corrected chi connectivity index (χ2v) is 7.64. The monoisotopic (exact) mass is 450 g/mol. The number of amidine groups is 1. The van der Waals surface area contributed by atoms with Crippen molar-refractivity contribution >= 4 is 23.3 Å². The van der Waals surface area contributed by atoms with E-state index in [4.69, 9.17) is 4.74 Å². The van der Waals surface area contributed by atoms with E-state index >= 15 is 0 Å². The lowest BCUT2D eigenvalue weighted by atomic mass is 10.0. The fraction of sp³-hybridized carbons (Fsp3) is 0.111. The first-order valence-corrected chi connectivity index (χ1v) is 10.6. The number of amides is 2. The number of methoxy groups -OCH3 is 1. The zero-order valence-electron chi connectivity index (χ0n) is 18.8. The van der Waals surface area contributed by atoms with Crippen LogP contribution in [0.3, 0.4) is 0 Å². The number of nitriles is 1. The molecule has 1 aliphatic heterocycles. The topological polar surface area (TPSA) is 104 Å². The van der Waals surface area contributed by atoms with Crippen molar-refractivity contribution in [1.29, 1.82) is 5.26 Å². The smallest absolute Gasteiger partial charge is 0.264 e. The van der Waals surface area contributed by atoms with Crippen LogP contribution in [0.4, 0.5) is 0 Å². The first-order chi connectivity index (χ1) is 16.5. The average Bonchev–Trinajstić information content (AvgIpc) is 3.21. The molecule has 3 aromatic carbocycles. The van der Waals surface area contributed by atoms with E-state index in [1.165, 1.54) is 0 Å². The van der Waals surface area contributed by atoms with Crippen molar-refractivity contribution in [3.05, 3.63) is 106 Å². The van der Waals surface area contributed by atoms with Crippen LogP contribution in [-0.2, 0) is 11.3 Å². The van der Waals surface area contributed by atoms with E-state index in [0.29, 0.717) is 28.3 Å². The fourth-order valence-corrected chi connectivity index (χ4v) is 3.64. The highest BCUT2D eigenvalue weighted by Gasteiger charge is 2.27. The summed E-state index contributed by atoms with van der Waals surface area (Å²) in [5.41, 5.74) is 3.58. The van der Waals surface area contributed by atoms with E-state index in [2.05, 4.69) is 15.6 Å². The van der Waals surface area contributed by atoms with Gasteiger partial charge in [0, 0.05) is 23.2 Å². The van der Waals surface area contributed by atoms with Gasteiger partial charge in [0.2, 0.25) is 0 Å². The first-order valence-electron chi connectivity index (χ1n) is 10.6. The van der Waals surface area contributed by atoms with Gasteiger partial charge >= 0.3 is 0 Å². The number of hydrogen-bond donors (Lipinski definition) is 2. The molecule has 2 N–H and O–H groups in total. The Morgan fingerprint density at radius 2 is 1.65 bits per heavy atom. The van der Waals surface area contributed by atoms with Gasteiger partial charge in [-0.25, -0.2) is 4.99 Å². The van der Waals surface area contributed by atoms with Crippen LogP contribution >= 0.6 is 0 Å². The minimum Gasteiger partial charge on any atom is -0.497 e. The van der Waals surface area contributed by atoms with Crippen LogP contribution in [0.2, 0.25) is 0 Å². The van der Waals surface area contributed by atoms with E-state index in [1.807, 2.05) is 43.3 Å². The number of carbonyl (C=O) groups excluding carboxylic acids is 2. The number of ether oxygens (including phenoxy) is 1. The summed E-state index contributed by atoms with van der Waals surface area (Å²) in [6.07, 6.45) is 0. The highest BCUT2D eigenvalue weighted by atomic mass is 16.5. The molecule has 2 amide bonds. The third kappa shape index (κ3) is 4.57. The number of nitrogens with one attached hydrogen (secondary N) is 2. The maximum Gasteiger partial charge on any atom is 0.264 e. The van der Waals surface area contributed by atoms with E-state index in [0.717, 1.165) is 11.1 Å². The zero-order chi connectivity index (χ0) is 24.1. The minimum absolute atomic E-state index is 0.124. The molecule has 0 aliphatic carbocycles. The molecule has 0 atom stereocenters. The highest BCUT2D eigenvalue weighted by Crippen LogP contribution is 2.30. The minimum atomic E-state index is -0.543. The van der Waals surface area contributed by atoms with E-state index in [1.54, 1.807) is 49.6 Å². The number of benzene rings is 3. The molecule has 1 aliphatic rings. The first kappa shape index (κ1) is 22.5. The average molecular weight is 450 g/mol. The van der Waals surface area contributed by atoms with Crippen LogP contribution in [0.15, 0.2) is 83.4 Å². The summed E-state index contributed by atoms with van der Waals surface area (Å²) in [6, 6.07) is 23.7. The van der Waals surface area contributed by atoms with E-state index in [-0.39, 0.29) is 23.7 Å². The predicted molar refractivity (Wildman–Crippen MR) is 129 cm³/mol. The van der Waals surface area contributed by atoms with Gasteiger partial charge in [-0.05, 0) is 36.2 Å². The molecule has 0 bridgehead atoms. The molecular weight excluding hydrogens is 428 g/mol. The van der Waals surface area contributed by atoms with Crippen LogP contribution in [0.5, 0.6) is 5.75 Å². The molecule has 0 radical (unpaired) electrons. The molecule has 3 aromatic rings. The number of hydrogen-bond acceptors (Lipinski definition) is 5. The van der Waals surface area contributed by atoms with Crippen LogP contribution in [0, 0.1) is 18.3 Å². The molecule has 4 rings (SSSR count). The van der Waals surface area contributed by atoms with Crippen molar-refractivity contribution < 1.29 is 14.3 Å². The lowest BCUT2D eigenvalue weighted by Gasteiger charge is -2.08. The van der Waals surface area contributed by atoms with Gasteiger partial charge in [-0.1, -0.05) is 54.6 Å². The predicted octanol–water partition coefficient (Wildman–Crippen LogP) is 3.74. The van der Waals surface area contributed by atoms with Crippen molar-refractivity contribution in [2.24, 2.45) is 4.99 Å². The number of rotatable bonds is 5.